The van der Waals surface area contributed by atoms with Crippen LogP contribution < -0.4 is 20.5 Å². The molecule has 46 heavy (non-hydrogen) atoms. The maximum absolute atomic E-state index is 13.1. The molecule has 2 unspecified atom stereocenters. The van der Waals surface area contributed by atoms with Crippen LogP contribution >= 0.6 is 0 Å². The molecule has 2 saturated carbocycles. The summed E-state index contributed by atoms with van der Waals surface area (Å²) < 4.78 is 28.3. The fraction of sp³-hybridized carbons (Fsp3) is 0.588. The molecule has 0 aromatic carbocycles. The zero-order valence-electron chi connectivity index (χ0n) is 28.2. The molecule has 12 heteroatoms. The molecule has 1 aromatic rings. The Balaban J connectivity index is 0. The first kappa shape index (κ1) is 44.1. The smallest absolute Gasteiger partial charge is 0.245 e. The summed E-state index contributed by atoms with van der Waals surface area (Å²) in [7, 11) is -1.67. The van der Waals surface area contributed by atoms with E-state index in [1.54, 1.807) is 42.0 Å². The summed E-state index contributed by atoms with van der Waals surface area (Å²) in [6.45, 7) is 14.7. The predicted molar refractivity (Wildman–Crippen MR) is 186 cm³/mol. The van der Waals surface area contributed by atoms with Crippen molar-refractivity contribution in [2.45, 2.75) is 96.4 Å². The van der Waals surface area contributed by atoms with E-state index < -0.39 is 16.1 Å². The van der Waals surface area contributed by atoms with E-state index in [9.17, 15) is 22.8 Å². The van der Waals surface area contributed by atoms with Crippen LogP contribution in [-0.4, -0.2) is 67.5 Å². The summed E-state index contributed by atoms with van der Waals surface area (Å²) in [4.78, 5) is 40.4. The summed E-state index contributed by atoms with van der Waals surface area (Å²) >= 11 is 0. The second-order valence-electron chi connectivity index (χ2n) is 11.1. The van der Waals surface area contributed by atoms with Gasteiger partial charge in [0.05, 0.1) is 18.3 Å². The maximum Gasteiger partial charge on any atom is 0.245 e. The van der Waals surface area contributed by atoms with Crippen molar-refractivity contribution in [1.29, 1.82) is 0 Å². The normalized spacial score (nSPS) is 17.3. The second-order valence-corrected chi connectivity index (χ2v) is 13.1. The van der Waals surface area contributed by atoms with Gasteiger partial charge in [-0.1, -0.05) is 53.4 Å². The number of aromatic nitrogens is 1. The van der Waals surface area contributed by atoms with Crippen LogP contribution in [0.1, 0.15) is 79.1 Å². The van der Waals surface area contributed by atoms with E-state index in [1.165, 1.54) is 25.7 Å². The lowest BCUT2D eigenvalue weighted by Crippen LogP contribution is -2.50. The number of sulfonamides is 1. The largest absolute Gasteiger partial charge is 0.497 e. The molecule has 0 spiro atoms. The van der Waals surface area contributed by atoms with Gasteiger partial charge >= 0.3 is 0 Å². The number of rotatable bonds is 12. The standard InChI is InChI=1S/C18H28N4O3.C6H12.C4H7NO3S.C2H4.2C2H2/c1-11(2)16(21-15-10-13(25-4)7-8-20-15)18(24)22-9-5-6-14(22)12(3)17(19)23;1-2-3-6-4-5-6;6-3-5-9(7,8)4-1-2-4;3*1-2/h7-8,10-12,14,16H,5-6,9H2,1-4H3,(H2,19,23)(H,20,21);6H,2-5H2,1H3;3-4H,1-2H2,(H,5,6);1-2H2;2*1-2H/t12-,14?,16?;;;;;/m0...../s1. The molecule has 0 radical (unpaired) electrons. The molecule has 11 nitrogen and oxygen atoms in total. The number of anilines is 1. The van der Waals surface area contributed by atoms with Crippen LogP contribution in [0.5, 0.6) is 5.75 Å². The first-order valence-corrected chi connectivity index (χ1v) is 17.0. The van der Waals surface area contributed by atoms with Crippen molar-refractivity contribution in [1.82, 2.24) is 14.6 Å². The van der Waals surface area contributed by atoms with E-state index in [-0.39, 0.29) is 41.4 Å². The highest BCUT2D eigenvalue weighted by Crippen LogP contribution is 2.33. The Morgan fingerprint density at radius 1 is 1.13 bits per heavy atom. The topological polar surface area (TPSA) is 161 Å². The van der Waals surface area contributed by atoms with Crippen LogP contribution in [0.4, 0.5) is 5.82 Å². The van der Waals surface area contributed by atoms with Crippen molar-refractivity contribution in [3.05, 3.63) is 31.5 Å². The highest BCUT2D eigenvalue weighted by atomic mass is 32.2. The SMILES string of the molecule is C#C.C#C.C=C.CCCC1CC1.COc1ccnc(NC(C(=O)N2CCCC2[C@H](C)C(N)=O)C(C)C)c1.O=CNS(=O)(=O)C1CC1. The molecule has 1 aliphatic heterocycles. The van der Waals surface area contributed by atoms with E-state index in [0.29, 0.717) is 31.0 Å². The molecule has 258 valence electrons. The van der Waals surface area contributed by atoms with Gasteiger partial charge < -0.3 is 20.7 Å². The van der Waals surface area contributed by atoms with Gasteiger partial charge in [0.1, 0.15) is 17.6 Å². The Hall–Kier alpha value is -4.03. The average molecular weight is 662 g/mol. The number of hydrogen-bond donors (Lipinski definition) is 3. The molecule has 3 fully saturated rings. The molecule has 4 rings (SSSR count). The van der Waals surface area contributed by atoms with Gasteiger partial charge in [0.15, 0.2) is 0 Å². The molecular formula is C34H55N5O6S. The van der Waals surface area contributed by atoms with Crippen molar-refractivity contribution >= 4 is 34.1 Å². The number of pyridine rings is 1. The van der Waals surface area contributed by atoms with Crippen LogP contribution in [-0.2, 0) is 24.4 Å². The number of carbonyl (C=O) groups is 3. The van der Waals surface area contributed by atoms with Gasteiger partial charge in [-0.05, 0) is 43.6 Å². The maximum atomic E-state index is 13.1. The molecule has 4 N–H and O–H groups in total. The van der Waals surface area contributed by atoms with Crippen molar-refractivity contribution in [3.63, 3.8) is 0 Å². The van der Waals surface area contributed by atoms with Crippen LogP contribution in [0.3, 0.4) is 0 Å². The zero-order chi connectivity index (χ0) is 35.9. The molecule has 3 aliphatic rings. The summed E-state index contributed by atoms with van der Waals surface area (Å²) in [6.07, 6.45) is 26.8. The van der Waals surface area contributed by atoms with Crippen molar-refractivity contribution in [2.24, 2.45) is 23.5 Å². The minimum atomic E-state index is -3.26. The number of nitrogens with one attached hydrogen (secondary N) is 2. The Morgan fingerprint density at radius 3 is 2.13 bits per heavy atom. The minimum absolute atomic E-state index is 0.0183. The van der Waals surface area contributed by atoms with Crippen LogP contribution in [0.25, 0.3) is 0 Å². The lowest BCUT2D eigenvalue weighted by molar-refractivity contribution is -0.136. The Bertz CT molecular complexity index is 1170. The molecule has 3 amide bonds. The van der Waals surface area contributed by atoms with Crippen molar-refractivity contribution < 1.29 is 27.5 Å². The van der Waals surface area contributed by atoms with Gasteiger partial charge in [-0.25, -0.2) is 13.4 Å². The molecule has 3 atom stereocenters. The van der Waals surface area contributed by atoms with E-state index in [1.807, 2.05) is 13.8 Å². The summed E-state index contributed by atoms with van der Waals surface area (Å²) in [5.74, 6) is 1.73. The van der Waals surface area contributed by atoms with Crippen LogP contribution in [0.2, 0.25) is 0 Å². The average Bonchev–Trinajstić information content (AvgIpc) is 4.01. The highest BCUT2D eigenvalue weighted by molar-refractivity contribution is 7.90. The highest BCUT2D eigenvalue weighted by Gasteiger charge is 2.38. The number of hydrogen-bond acceptors (Lipinski definition) is 8. The number of methoxy groups -OCH3 is 1. The fourth-order valence-electron chi connectivity index (χ4n) is 4.60. The van der Waals surface area contributed by atoms with Crippen LogP contribution in [0.15, 0.2) is 31.5 Å². The molecule has 1 aromatic heterocycles. The van der Waals surface area contributed by atoms with E-state index >= 15 is 0 Å². The summed E-state index contributed by atoms with van der Waals surface area (Å²) in [5, 5.41) is 2.92. The molecule has 1 saturated heterocycles. The van der Waals surface area contributed by atoms with Gasteiger partial charge in [-0.2, -0.15) is 0 Å². The lowest BCUT2D eigenvalue weighted by Gasteiger charge is -2.33. The first-order chi connectivity index (χ1) is 21.9. The quantitative estimate of drug-likeness (QED) is 0.169. The molecule has 2 heterocycles. The summed E-state index contributed by atoms with van der Waals surface area (Å²) in [6, 6.07) is 2.95. The third-order valence-corrected chi connectivity index (χ3v) is 9.15. The van der Waals surface area contributed by atoms with Gasteiger partial charge in [0.25, 0.3) is 0 Å². The predicted octanol–water partition coefficient (Wildman–Crippen LogP) is 4.36. The Kier molecular flexibility index (Phi) is 23.2. The zero-order valence-corrected chi connectivity index (χ0v) is 29.0. The summed E-state index contributed by atoms with van der Waals surface area (Å²) in [5.41, 5.74) is 5.45. The van der Waals surface area contributed by atoms with Crippen molar-refractivity contribution in [2.75, 3.05) is 19.0 Å². The monoisotopic (exact) mass is 661 g/mol. The number of likely N-dealkylation sites (tertiary alicyclic amines) is 1. The number of ether oxygens (including phenoxy) is 1. The van der Waals surface area contributed by atoms with Crippen molar-refractivity contribution in [3.8, 4) is 31.4 Å². The van der Waals surface area contributed by atoms with Crippen LogP contribution in [0, 0.1) is 43.4 Å². The molecular weight excluding hydrogens is 606 g/mol. The van der Waals surface area contributed by atoms with E-state index in [4.69, 9.17) is 10.5 Å². The van der Waals surface area contributed by atoms with Gasteiger partial charge in [0, 0.05) is 24.8 Å². The lowest BCUT2D eigenvalue weighted by atomic mass is 9.97. The van der Waals surface area contributed by atoms with Gasteiger partial charge in [-0.15, -0.1) is 38.9 Å². The van der Waals surface area contributed by atoms with Gasteiger partial charge in [-0.3, -0.25) is 19.1 Å². The third-order valence-electron chi connectivity index (χ3n) is 7.38. The first-order valence-electron chi connectivity index (χ1n) is 15.4. The molecule has 0 bridgehead atoms. The number of terminal acetylenes is 2. The number of nitrogens with two attached hydrogens (primary N) is 1. The number of amides is 3. The molecule has 2 aliphatic carbocycles. The second kappa shape index (κ2) is 24.2. The number of primary amides is 1. The minimum Gasteiger partial charge on any atom is -0.497 e. The van der Waals surface area contributed by atoms with Gasteiger partial charge in [0.2, 0.25) is 28.2 Å². The van der Waals surface area contributed by atoms with E-state index in [2.05, 4.69) is 56.1 Å². The Labute approximate surface area is 277 Å². The van der Waals surface area contributed by atoms with E-state index in [0.717, 1.165) is 18.8 Å². The fourth-order valence-corrected chi connectivity index (χ4v) is 5.68. The number of carbonyl (C=O) groups excluding carboxylic acids is 3. The third kappa shape index (κ3) is 16.3. The Morgan fingerprint density at radius 2 is 1.72 bits per heavy atom. The number of nitrogens with zero attached hydrogens (tertiary/aromatic N) is 2.